The molecule has 0 bridgehead atoms. The highest BCUT2D eigenvalue weighted by Gasteiger charge is 2.03. The molecular formula is C16H9O3-. The molecule has 0 saturated carbocycles. The third-order valence-electron chi connectivity index (χ3n) is 3.18. The van der Waals surface area contributed by atoms with Crippen molar-refractivity contribution in [3.8, 4) is 0 Å². The normalized spacial score (nSPS) is 10.7. The van der Waals surface area contributed by atoms with Crippen molar-refractivity contribution in [1.82, 2.24) is 0 Å². The average Bonchev–Trinajstić information content (AvgIpc) is 2.57. The van der Waals surface area contributed by atoms with Crippen LogP contribution in [-0.4, -0.2) is 5.97 Å². The Kier molecular flexibility index (Phi) is 2.53. The van der Waals surface area contributed by atoms with Gasteiger partial charge in [-0.05, 0) is 28.5 Å². The average molecular weight is 249 g/mol. The largest absolute Gasteiger partial charge is 0.545 e. The highest BCUT2D eigenvalue weighted by molar-refractivity contribution is 5.97. The fourth-order valence-electron chi connectivity index (χ4n) is 2.21. The van der Waals surface area contributed by atoms with Crippen LogP contribution < -0.4 is 10.5 Å². The second kappa shape index (κ2) is 4.21. The molecule has 3 aromatic carbocycles. The molecule has 0 N–H and O–H groups in total. The summed E-state index contributed by atoms with van der Waals surface area (Å²) in [5.41, 5.74) is -0.0253. The van der Waals surface area contributed by atoms with E-state index in [0.717, 1.165) is 5.39 Å². The highest BCUT2D eigenvalue weighted by Crippen LogP contribution is 2.16. The predicted molar refractivity (Wildman–Crippen MR) is 72.1 cm³/mol. The first kappa shape index (κ1) is 11.4. The molecule has 19 heavy (non-hydrogen) atoms. The van der Waals surface area contributed by atoms with Crippen LogP contribution in [-0.2, 0) is 0 Å². The van der Waals surface area contributed by atoms with Gasteiger partial charge in [-0.2, -0.15) is 0 Å². The monoisotopic (exact) mass is 249 g/mol. The summed E-state index contributed by atoms with van der Waals surface area (Å²) in [7, 11) is 0. The zero-order chi connectivity index (χ0) is 13.4. The molecule has 0 heterocycles. The number of rotatable bonds is 1. The molecule has 0 spiro atoms. The summed E-state index contributed by atoms with van der Waals surface area (Å²) >= 11 is 0. The molecular weight excluding hydrogens is 240 g/mol. The number of fused-ring (bicyclic) bond motifs is 2. The molecule has 0 aromatic heterocycles. The van der Waals surface area contributed by atoms with Crippen molar-refractivity contribution >= 4 is 27.5 Å². The highest BCUT2D eigenvalue weighted by atomic mass is 16.4. The summed E-state index contributed by atoms with van der Waals surface area (Å²) in [6.07, 6.45) is 0. The van der Waals surface area contributed by atoms with Crippen molar-refractivity contribution in [3.05, 3.63) is 70.4 Å². The van der Waals surface area contributed by atoms with Gasteiger partial charge >= 0.3 is 0 Å². The third kappa shape index (κ3) is 1.85. The molecule has 0 atom stereocenters. The lowest BCUT2D eigenvalue weighted by atomic mass is 10.1. The first-order chi connectivity index (χ1) is 9.16. The van der Waals surface area contributed by atoms with E-state index in [1.54, 1.807) is 12.1 Å². The SMILES string of the molecule is O=C([O-])c1ccc2c(=O)c3ccccc3ccc2c1. The number of hydrogen-bond acceptors (Lipinski definition) is 3. The van der Waals surface area contributed by atoms with Crippen molar-refractivity contribution in [1.29, 1.82) is 0 Å². The van der Waals surface area contributed by atoms with Crippen molar-refractivity contribution in [2.45, 2.75) is 0 Å². The zero-order valence-corrected chi connectivity index (χ0v) is 9.92. The Balaban J connectivity index is 2.51. The van der Waals surface area contributed by atoms with Gasteiger partial charge in [0.25, 0.3) is 0 Å². The van der Waals surface area contributed by atoms with Crippen molar-refractivity contribution < 1.29 is 9.90 Å². The minimum atomic E-state index is -1.24. The number of carbonyl (C=O) groups excluding carboxylic acids is 1. The number of carboxylic acids is 1. The Morgan fingerprint density at radius 1 is 0.842 bits per heavy atom. The molecule has 3 aromatic rings. The Hall–Kier alpha value is -2.68. The van der Waals surface area contributed by atoms with Crippen molar-refractivity contribution in [2.24, 2.45) is 0 Å². The van der Waals surface area contributed by atoms with Crippen LogP contribution in [0.2, 0.25) is 0 Å². The van der Waals surface area contributed by atoms with Gasteiger partial charge in [0.1, 0.15) is 0 Å². The zero-order valence-electron chi connectivity index (χ0n) is 9.92. The van der Waals surface area contributed by atoms with E-state index >= 15 is 0 Å². The van der Waals surface area contributed by atoms with Gasteiger partial charge in [0, 0.05) is 10.8 Å². The van der Waals surface area contributed by atoms with Crippen LogP contribution in [0.15, 0.2) is 59.4 Å². The summed E-state index contributed by atoms with van der Waals surface area (Å²) in [6.45, 7) is 0. The smallest absolute Gasteiger partial charge is 0.194 e. The van der Waals surface area contributed by atoms with Gasteiger partial charge in [0.2, 0.25) is 0 Å². The lowest BCUT2D eigenvalue weighted by Gasteiger charge is -2.01. The first-order valence-corrected chi connectivity index (χ1v) is 5.84. The van der Waals surface area contributed by atoms with E-state index in [1.807, 2.05) is 24.3 Å². The van der Waals surface area contributed by atoms with Gasteiger partial charge in [-0.1, -0.05) is 42.5 Å². The Morgan fingerprint density at radius 2 is 1.53 bits per heavy atom. The van der Waals surface area contributed by atoms with E-state index in [-0.39, 0.29) is 11.0 Å². The van der Waals surface area contributed by atoms with Crippen LogP contribution in [0.1, 0.15) is 10.4 Å². The summed E-state index contributed by atoms with van der Waals surface area (Å²) in [5, 5.41) is 13.4. The van der Waals surface area contributed by atoms with E-state index < -0.39 is 5.97 Å². The molecule has 0 amide bonds. The maximum absolute atomic E-state index is 12.4. The molecule has 0 fully saturated rings. The quantitative estimate of drug-likeness (QED) is 0.659. The maximum atomic E-state index is 12.4. The van der Waals surface area contributed by atoms with Gasteiger partial charge in [0.05, 0.1) is 5.97 Å². The van der Waals surface area contributed by atoms with Gasteiger partial charge in [-0.25, -0.2) is 0 Å². The third-order valence-corrected chi connectivity index (χ3v) is 3.18. The summed E-state index contributed by atoms with van der Waals surface area (Å²) in [5.74, 6) is -1.24. The van der Waals surface area contributed by atoms with Gasteiger partial charge in [-0.15, -0.1) is 0 Å². The van der Waals surface area contributed by atoms with Gasteiger partial charge in [0.15, 0.2) is 5.43 Å². The van der Waals surface area contributed by atoms with E-state index in [4.69, 9.17) is 0 Å². The van der Waals surface area contributed by atoms with E-state index in [1.165, 1.54) is 18.2 Å². The first-order valence-electron chi connectivity index (χ1n) is 5.84. The minimum absolute atomic E-state index is 0.0714. The molecule has 0 aliphatic carbocycles. The summed E-state index contributed by atoms with van der Waals surface area (Å²) in [6, 6.07) is 15.3. The lowest BCUT2D eigenvalue weighted by molar-refractivity contribution is -0.255. The molecule has 0 radical (unpaired) electrons. The van der Waals surface area contributed by atoms with Crippen molar-refractivity contribution in [2.75, 3.05) is 0 Å². The molecule has 0 aliphatic heterocycles. The predicted octanol–water partition coefficient (Wildman–Crippen LogP) is 1.72. The van der Waals surface area contributed by atoms with Crippen LogP contribution in [0, 0.1) is 0 Å². The number of aromatic carboxylic acids is 1. The standard InChI is InChI=1S/C16H10O3/c17-15-13-4-2-1-3-10(13)5-6-11-9-12(16(18)19)7-8-14(11)15/h1-9H,(H,18,19)/p-1. The number of hydrogen-bond donors (Lipinski definition) is 0. The fourth-order valence-corrected chi connectivity index (χ4v) is 2.21. The molecule has 3 rings (SSSR count). The van der Waals surface area contributed by atoms with Crippen LogP contribution in [0.25, 0.3) is 21.5 Å². The lowest BCUT2D eigenvalue weighted by Crippen LogP contribution is -2.22. The maximum Gasteiger partial charge on any atom is 0.194 e. The summed E-state index contributed by atoms with van der Waals surface area (Å²) in [4.78, 5) is 23.3. The fraction of sp³-hybridized carbons (Fsp3) is 0. The Morgan fingerprint density at radius 3 is 2.32 bits per heavy atom. The number of carbonyl (C=O) groups is 1. The van der Waals surface area contributed by atoms with Crippen LogP contribution in [0.4, 0.5) is 0 Å². The van der Waals surface area contributed by atoms with Crippen molar-refractivity contribution in [3.63, 3.8) is 0 Å². The molecule has 0 aliphatic rings. The second-order valence-electron chi connectivity index (χ2n) is 4.34. The Labute approximate surface area is 108 Å². The Bertz CT molecular complexity index is 866. The van der Waals surface area contributed by atoms with E-state index in [9.17, 15) is 14.7 Å². The molecule has 3 heteroatoms. The van der Waals surface area contributed by atoms with Gasteiger partial charge in [-0.3, -0.25) is 4.79 Å². The van der Waals surface area contributed by atoms with Crippen LogP contribution >= 0.6 is 0 Å². The summed E-state index contributed by atoms with van der Waals surface area (Å²) < 4.78 is 0. The van der Waals surface area contributed by atoms with E-state index in [0.29, 0.717) is 16.2 Å². The second-order valence-corrected chi connectivity index (χ2v) is 4.34. The van der Waals surface area contributed by atoms with Crippen LogP contribution in [0.5, 0.6) is 0 Å². The topological polar surface area (TPSA) is 57.2 Å². The minimum Gasteiger partial charge on any atom is -0.545 e. The van der Waals surface area contributed by atoms with Gasteiger partial charge < -0.3 is 9.90 Å². The number of carboxylic acid groups (broad SMARTS) is 1. The van der Waals surface area contributed by atoms with E-state index in [2.05, 4.69) is 0 Å². The van der Waals surface area contributed by atoms with Crippen LogP contribution in [0.3, 0.4) is 0 Å². The molecule has 3 nitrogen and oxygen atoms in total. The molecule has 0 unspecified atom stereocenters. The molecule has 0 saturated heterocycles. The number of benzene rings is 2. The molecule has 92 valence electrons.